The summed E-state index contributed by atoms with van der Waals surface area (Å²) in [6.45, 7) is 1.24. The Morgan fingerprint density at radius 1 is 1.39 bits per heavy atom. The standard InChI is InChI=1S/C16H22N2O5/c1-22-14-9-17-5-2-11(14)15(21)18-6-3-16(4-7-18)8-12(19)13(20)10-23-16/h2,5,9,12-13,19-20H,3-4,6-8,10H2,1H3/t12-,13+/m1/s1. The van der Waals surface area contributed by atoms with Crippen molar-refractivity contribution < 1.29 is 24.5 Å². The molecule has 0 saturated carbocycles. The Morgan fingerprint density at radius 3 is 2.78 bits per heavy atom. The fourth-order valence-electron chi connectivity index (χ4n) is 3.30. The molecule has 0 bridgehead atoms. The number of hydrogen-bond donors (Lipinski definition) is 2. The van der Waals surface area contributed by atoms with Crippen molar-refractivity contribution in [2.45, 2.75) is 37.1 Å². The molecule has 23 heavy (non-hydrogen) atoms. The molecule has 0 aliphatic carbocycles. The zero-order valence-electron chi connectivity index (χ0n) is 13.1. The van der Waals surface area contributed by atoms with Gasteiger partial charge in [0, 0.05) is 25.7 Å². The van der Waals surface area contributed by atoms with Crippen LogP contribution in [-0.4, -0.2) is 70.6 Å². The molecule has 2 atom stereocenters. The molecule has 3 heterocycles. The van der Waals surface area contributed by atoms with Crippen molar-refractivity contribution in [2.75, 3.05) is 26.8 Å². The number of methoxy groups -OCH3 is 1. The number of carbonyl (C=O) groups excluding carboxylic acids is 1. The van der Waals surface area contributed by atoms with Gasteiger partial charge in [0.25, 0.3) is 5.91 Å². The summed E-state index contributed by atoms with van der Waals surface area (Å²) in [7, 11) is 1.52. The second kappa shape index (κ2) is 6.43. The minimum Gasteiger partial charge on any atom is -0.494 e. The Bertz CT molecular complexity index is 571. The summed E-state index contributed by atoms with van der Waals surface area (Å²) >= 11 is 0. The Kier molecular flexibility index (Phi) is 4.52. The van der Waals surface area contributed by atoms with Crippen LogP contribution in [-0.2, 0) is 4.74 Å². The van der Waals surface area contributed by atoms with Crippen molar-refractivity contribution in [3.05, 3.63) is 24.0 Å². The SMILES string of the molecule is COc1cnccc1C(=O)N1CCC2(CC1)C[C@@H](O)[C@@H](O)CO2. The Balaban J connectivity index is 1.66. The van der Waals surface area contributed by atoms with Crippen LogP contribution in [0.3, 0.4) is 0 Å². The van der Waals surface area contributed by atoms with Crippen LogP contribution < -0.4 is 4.74 Å². The van der Waals surface area contributed by atoms with Crippen molar-refractivity contribution in [1.82, 2.24) is 9.88 Å². The number of amides is 1. The molecular weight excluding hydrogens is 300 g/mol. The summed E-state index contributed by atoms with van der Waals surface area (Å²) in [5.74, 6) is 0.376. The van der Waals surface area contributed by atoms with E-state index < -0.39 is 17.8 Å². The molecule has 0 radical (unpaired) electrons. The predicted molar refractivity (Wildman–Crippen MR) is 81.2 cm³/mol. The van der Waals surface area contributed by atoms with E-state index in [0.29, 0.717) is 43.7 Å². The van der Waals surface area contributed by atoms with E-state index in [2.05, 4.69) is 4.98 Å². The highest BCUT2D eigenvalue weighted by Crippen LogP contribution is 2.35. The molecule has 1 aromatic rings. The maximum atomic E-state index is 12.7. The molecule has 7 nitrogen and oxygen atoms in total. The number of aliphatic hydroxyl groups is 2. The van der Waals surface area contributed by atoms with E-state index in [9.17, 15) is 15.0 Å². The first kappa shape index (κ1) is 16.2. The highest BCUT2D eigenvalue weighted by Gasteiger charge is 2.43. The summed E-state index contributed by atoms with van der Waals surface area (Å²) in [5, 5.41) is 19.5. The molecule has 7 heteroatoms. The van der Waals surface area contributed by atoms with Gasteiger partial charge in [-0.1, -0.05) is 0 Å². The second-order valence-corrected chi connectivity index (χ2v) is 6.20. The fourth-order valence-corrected chi connectivity index (χ4v) is 3.30. The van der Waals surface area contributed by atoms with Crippen LogP contribution in [0.4, 0.5) is 0 Å². The lowest BCUT2D eigenvalue weighted by Crippen LogP contribution is -2.55. The molecule has 1 spiro atoms. The van der Waals surface area contributed by atoms with Gasteiger partial charge in [-0.15, -0.1) is 0 Å². The van der Waals surface area contributed by atoms with Gasteiger partial charge in [0.05, 0.1) is 37.2 Å². The quantitative estimate of drug-likeness (QED) is 0.808. The number of rotatable bonds is 2. The highest BCUT2D eigenvalue weighted by atomic mass is 16.5. The first-order valence-electron chi connectivity index (χ1n) is 7.82. The number of ether oxygens (including phenoxy) is 2. The number of hydrogen-bond acceptors (Lipinski definition) is 6. The van der Waals surface area contributed by atoms with Crippen LogP contribution in [0.5, 0.6) is 5.75 Å². The largest absolute Gasteiger partial charge is 0.494 e. The normalized spacial score (nSPS) is 27.0. The van der Waals surface area contributed by atoms with Crippen LogP contribution in [0.2, 0.25) is 0 Å². The van der Waals surface area contributed by atoms with Crippen LogP contribution in [0.15, 0.2) is 18.5 Å². The average Bonchev–Trinajstić information content (AvgIpc) is 2.59. The van der Waals surface area contributed by atoms with E-state index in [1.807, 2.05) is 0 Å². The summed E-state index contributed by atoms with van der Waals surface area (Å²) in [4.78, 5) is 18.4. The summed E-state index contributed by atoms with van der Waals surface area (Å²) < 4.78 is 11.0. The minimum atomic E-state index is -0.818. The molecule has 2 saturated heterocycles. The third kappa shape index (κ3) is 3.17. The number of aromatic nitrogens is 1. The number of aliphatic hydroxyl groups excluding tert-OH is 2. The van der Waals surface area contributed by atoms with E-state index in [4.69, 9.17) is 9.47 Å². The summed E-state index contributed by atoms with van der Waals surface area (Å²) in [6, 6.07) is 1.66. The average molecular weight is 322 g/mol. The zero-order valence-corrected chi connectivity index (χ0v) is 13.1. The molecule has 2 aliphatic rings. The predicted octanol–water partition coefficient (Wildman–Crippen LogP) is 0.207. The molecule has 0 aromatic carbocycles. The number of piperidine rings is 1. The molecule has 1 amide bonds. The number of pyridine rings is 1. The van der Waals surface area contributed by atoms with Crippen molar-refractivity contribution in [2.24, 2.45) is 0 Å². The van der Waals surface area contributed by atoms with Gasteiger partial charge < -0.3 is 24.6 Å². The number of likely N-dealkylation sites (tertiary alicyclic amines) is 1. The van der Waals surface area contributed by atoms with Crippen molar-refractivity contribution >= 4 is 5.91 Å². The highest BCUT2D eigenvalue weighted by molar-refractivity contribution is 5.96. The minimum absolute atomic E-state index is 0.0875. The second-order valence-electron chi connectivity index (χ2n) is 6.20. The van der Waals surface area contributed by atoms with Gasteiger partial charge in [-0.05, 0) is 18.9 Å². The maximum absolute atomic E-state index is 12.7. The van der Waals surface area contributed by atoms with Crippen molar-refractivity contribution in [1.29, 1.82) is 0 Å². The van der Waals surface area contributed by atoms with Gasteiger partial charge >= 0.3 is 0 Å². The zero-order chi connectivity index (χ0) is 16.4. The molecular formula is C16H22N2O5. The Morgan fingerprint density at radius 2 is 2.13 bits per heavy atom. The van der Waals surface area contributed by atoms with E-state index >= 15 is 0 Å². The molecule has 3 rings (SSSR count). The van der Waals surface area contributed by atoms with Crippen LogP contribution in [0.1, 0.15) is 29.6 Å². The smallest absolute Gasteiger partial charge is 0.257 e. The Labute approximate surface area is 134 Å². The van der Waals surface area contributed by atoms with E-state index in [1.165, 1.54) is 13.3 Å². The maximum Gasteiger partial charge on any atom is 0.257 e. The van der Waals surface area contributed by atoms with Crippen LogP contribution >= 0.6 is 0 Å². The molecule has 1 aromatic heterocycles. The third-order valence-corrected chi connectivity index (χ3v) is 4.78. The van der Waals surface area contributed by atoms with Crippen molar-refractivity contribution in [3.8, 4) is 5.75 Å². The Hall–Kier alpha value is -1.70. The van der Waals surface area contributed by atoms with Crippen LogP contribution in [0, 0.1) is 0 Å². The van der Waals surface area contributed by atoms with Gasteiger partial charge in [0.1, 0.15) is 11.9 Å². The first-order chi connectivity index (χ1) is 11.0. The lowest BCUT2D eigenvalue weighted by molar-refractivity contribution is -0.185. The van der Waals surface area contributed by atoms with Crippen LogP contribution in [0.25, 0.3) is 0 Å². The van der Waals surface area contributed by atoms with Gasteiger partial charge in [-0.25, -0.2) is 0 Å². The third-order valence-electron chi connectivity index (χ3n) is 4.78. The van der Waals surface area contributed by atoms with E-state index in [0.717, 1.165) is 0 Å². The lowest BCUT2D eigenvalue weighted by Gasteiger charge is -2.46. The summed E-state index contributed by atoms with van der Waals surface area (Å²) in [5.41, 5.74) is 0.0658. The lowest BCUT2D eigenvalue weighted by atomic mass is 9.82. The van der Waals surface area contributed by atoms with E-state index in [1.54, 1.807) is 17.2 Å². The van der Waals surface area contributed by atoms with Gasteiger partial charge in [-0.2, -0.15) is 0 Å². The molecule has 0 unspecified atom stereocenters. The van der Waals surface area contributed by atoms with Crippen molar-refractivity contribution in [3.63, 3.8) is 0 Å². The molecule has 2 N–H and O–H groups in total. The molecule has 126 valence electrons. The monoisotopic (exact) mass is 322 g/mol. The topological polar surface area (TPSA) is 92.1 Å². The van der Waals surface area contributed by atoms with Gasteiger partial charge in [0.2, 0.25) is 0 Å². The number of carbonyl (C=O) groups is 1. The summed E-state index contributed by atoms with van der Waals surface area (Å²) in [6.07, 6.45) is 3.23. The molecule has 2 fully saturated rings. The first-order valence-corrected chi connectivity index (χ1v) is 7.82. The molecule has 2 aliphatic heterocycles. The number of nitrogens with zero attached hydrogens (tertiary/aromatic N) is 2. The fraction of sp³-hybridized carbons (Fsp3) is 0.625. The van der Waals surface area contributed by atoms with E-state index in [-0.39, 0.29) is 12.5 Å². The van der Waals surface area contributed by atoms with Gasteiger partial charge in [0.15, 0.2) is 0 Å². The van der Waals surface area contributed by atoms with Gasteiger partial charge in [-0.3, -0.25) is 9.78 Å².